The number of nitrogens with two attached hydrogens (primary N) is 1. The van der Waals surface area contributed by atoms with Crippen molar-refractivity contribution in [2.24, 2.45) is 11.7 Å². The molecule has 0 aromatic rings. The summed E-state index contributed by atoms with van der Waals surface area (Å²) in [7, 11) is 0. The Morgan fingerprint density at radius 1 is 1.20 bits per heavy atom. The van der Waals surface area contributed by atoms with Gasteiger partial charge in [-0.2, -0.15) is 0 Å². The summed E-state index contributed by atoms with van der Waals surface area (Å²) in [6.45, 7) is 6.90. The quantitative estimate of drug-likeness (QED) is 0.758. The molecule has 0 spiro atoms. The molecule has 88 valence electrons. The first-order valence-electron chi connectivity index (χ1n) is 6.65. The van der Waals surface area contributed by atoms with Gasteiger partial charge in [0.25, 0.3) is 0 Å². The van der Waals surface area contributed by atoms with Gasteiger partial charge >= 0.3 is 0 Å². The Bertz CT molecular complexity index is 209. The van der Waals surface area contributed by atoms with Gasteiger partial charge in [-0.3, -0.25) is 4.90 Å². The summed E-state index contributed by atoms with van der Waals surface area (Å²) in [6, 6.07) is 0.753. The van der Waals surface area contributed by atoms with Crippen LogP contribution in [-0.2, 0) is 0 Å². The minimum Gasteiger partial charge on any atom is -0.329 e. The van der Waals surface area contributed by atoms with E-state index in [0.29, 0.717) is 5.54 Å². The Kier molecular flexibility index (Phi) is 3.36. The summed E-state index contributed by atoms with van der Waals surface area (Å²) in [5.41, 5.74) is 6.41. The third-order valence-electron chi connectivity index (χ3n) is 4.50. The Labute approximate surface area is 94.2 Å². The van der Waals surface area contributed by atoms with Gasteiger partial charge < -0.3 is 5.73 Å². The zero-order valence-electron chi connectivity index (χ0n) is 10.3. The predicted molar refractivity (Wildman–Crippen MR) is 64.8 cm³/mol. The van der Waals surface area contributed by atoms with Crippen LogP contribution < -0.4 is 5.73 Å². The normalized spacial score (nSPS) is 43.4. The average Bonchev–Trinajstić information content (AvgIpc) is 2.38. The number of hydrogen-bond donors (Lipinski definition) is 1. The van der Waals surface area contributed by atoms with Crippen LogP contribution in [0.25, 0.3) is 0 Å². The molecule has 1 aliphatic carbocycles. The molecule has 2 rings (SSSR count). The highest BCUT2D eigenvalue weighted by atomic mass is 15.2. The van der Waals surface area contributed by atoms with Crippen molar-refractivity contribution in [1.29, 1.82) is 0 Å². The molecule has 2 nitrogen and oxygen atoms in total. The lowest BCUT2D eigenvalue weighted by atomic mass is 9.67. The fraction of sp³-hybridized carbons (Fsp3) is 1.00. The zero-order chi connectivity index (χ0) is 10.9. The van der Waals surface area contributed by atoms with Crippen LogP contribution >= 0.6 is 0 Å². The molecule has 0 bridgehead atoms. The van der Waals surface area contributed by atoms with Gasteiger partial charge in [-0.1, -0.05) is 19.8 Å². The first kappa shape index (κ1) is 11.4. The van der Waals surface area contributed by atoms with E-state index in [2.05, 4.69) is 18.7 Å². The zero-order valence-corrected chi connectivity index (χ0v) is 10.3. The van der Waals surface area contributed by atoms with Gasteiger partial charge in [0, 0.05) is 18.1 Å². The molecule has 0 aromatic heterocycles. The van der Waals surface area contributed by atoms with Gasteiger partial charge in [-0.05, 0) is 45.1 Å². The maximum Gasteiger partial charge on any atom is 0.0339 e. The minimum absolute atomic E-state index is 0.378. The number of likely N-dealkylation sites (tertiary alicyclic amines) is 1. The van der Waals surface area contributed by atoms with Crippen LogP contribution in [0.4, 0.5) is 0 Å². The summed E-state index contributed by atoms with van der Waals surface area (Å²) in [5.74, 6) is 0.893. The first-order valence-corrected chi connectivity index (χ1v) is 6.65. The molecular formula is C13H26N2. The maximum atomic E-state index is 6.03. The maximum absolute atomic E-state index is 6.03. The standard InChI is InChI=1S/C13H26N2/c1-11-8-13(9-11,10-14)15-7-5-3-4-6-12(15)2/h11-12H,3-10,14H2,1-2H3. The molecule has 1 heterocycles. The summed E-state index contributed by atoms with van der Waals surface area (Å²) in [4.78, 5) is 2.74. The molecule has 0 radical (unpaired) electrons. The molecular weight excluding hydrogens is 184 g/mol. The molecule has 15 heavy (non-hydrogen) atoms. The van der Waals surface area contributed by atoms with Gasteiger partial charge in [0.1, 0.15) is 0 Å². The number of hydrogen-bond acceptors (Lipinski definition) is 2. The van der Waals surface area contributed by atoms with E-state index in [4.69, 9.17) is 5.73 Å². The van der Waals surface area contributed by atoms with Crippen LogP contribution in [0.5, 0.6) is 0 Å². The van der Waals surface area contributed by atoms with Gasteiger partial charge in [-0.25, -0.2) is 0 Å². The Morgan fingerprint density at radius 2 is 1.93 bits per heavy atom. The van der Waals surface area contributed by atoms with Crippen molar-refractivity contribution < 1.29 is 0 Å². The highest BCUT2D eigenvalue weighted by Gasteiger charge is 2.46. The van der Waals surface area contributed by atoms with Crippen molar-refractivity contribution in [2.45, 2.75) is 64.0 Å². The van der Waals surface area contributed by atoms with E-state index in [-0.39, 0.29) is 0 Å². The van der Waals surface area contributed by atoms with Crippen LogP contribution in [0.1, 0.15) is 52.4 Å². The molecule has 0 aromatic carbocycles. The summed E-state index contributed by atoms with van der Waals surface area (Å²) >= 11 is 0. The van der Waals surface area contributed by atoms with Crippen molar-refractivity contribution in [3.8, 4) is 0 Å². The summed E-state index contributed by atoms with van der Waals surface area (Å²) < 4.78 is 0. The molecule has 2 fully saturated rings. The minimum atomic E-state index is 0.378. The highest BCUT2D eigenvalue weighted by Crippen LogP contribution is 2.43. The third-order valence-corrected chi connectivity index (χ3v) is 4.50. The lowest BCUT2D eigenvalue weighted by Gasteiger charge is -2.55. The van der Waals surface area contributed by atoms with Crippen LogP contribution in [0.2, 0.25) is 0 Å². The number of rotatable bonds is 2. The van der Waals surface area contributed by atoms with Gasteiger partial charge in [0.15, 0.2) is 0 Å². The first-order chi connectivity index (χ1) is 7.18. The topological polar surface area (TPSA) is 29.3 Å². The van der Waals surface area contributed by atoms with Crippen molar-refractivity contribution in [3.05, 3.63) is 0 Å². The van der Waals surface area contributed by atoms with E-state index in [0.717, 1.165) is 18.5 Å². The monoisotopic (exact) mass is 210 g/mol. The van der Waals surface area contributed by atoms with Gasteiger partial charge in [-0.15, -0.1) is 0 Å². The fourth-order valence-electron chi connectivity index (χ4n) is 3.74. The van der Waals surface area contributed by atoms with Crippen LogP contribution in [0.15, 0.2) is 0 Å². The molecule has 1 atom stereocenters. The van der Waals surface area contributed by atoms with Crippen LogP contribution in [0, 0.1) is 5.92 Å². The summed E-state index contributed by atoms with van der Waals surface area (Å²) in [5, 5.41) is 0. The third kappa shape index (κ3) is 2.07. The van der Waals surface area contributed by atoms with Crippen LogP contribution in [0.3, 0.4) is 0 Å². The number of nitrogens with zero attached hydrogens (tertiary/aromatic N) is 1. The van der Waals surface area contributed by atoms with Crippen molar-refractivity contribution in [3.63, 3.8) is 0 Å². The lowest BCUT2D eigenvalue weighted by molar-refractivity contribution is -0.0350. The molecule has 2 heteroatoms. The molecule has 0 amide bonds. The smallest absolute Gasteiger partial charge is 0.0339 e. The Hall–Kier alpha value is -0.0800. The van der Waals surface area contributed by atoms with E-state index in [1.54, 1.807) is 0 Å². The molecule has 2 N–H and O–H groups in total. The highest BCUT2D eigenvalue weighted by molar-refractivity contribution is 5.03. The van der Waals surface area contributed by atoms with E-state index < -0.39 is 0 Å². The SMILES string of the molecule is CC1CC(CN)(N2CCCCCC2C)C1. The molecule has 1 aliphatic heterocycles. The largest absolute Gasteiger partial charge is 0.329 e. The Morgan fingerprint density at radius 3 is 2.53 bits per heavy atom. The van der Waals surface area contributed by atoms with Crippen molar-refractivity contribution in [1.82, 2.24) is 4.90 Å². The average molecular weight is 210 g/mol. The molecule has 2 aliphatic rings. The fourth-order valence-corrected chi connectivity index (χ4v) is 3.74. The van der Waals surface area contributed by atoms with Crippen molar-refractivity contribution in [2.75, 3.05) is 13.1 Å². The van der Waals surface area contributed by atoms with E-state index in [9.17, 15) is 0 Å². The Balaban J connectivity index is 2.05. The second kappa shape index (κ2) is 4.42. The van der Waals surface area contributed by atoms with Gasteiger partial charge in [0.2, 0.25) is 0 Å². The molecule has 1 unspecified atom stereocenters. The second-order valence-corrected chi connectivity index (χ2v) is 5.83. The molecule has 1 saturated carbocycles. The van der Waals surface area contributed by atoms with Gasteiger partial charge in [0.05, 0.1) is 0 Å². The lowest BCUT2D eigenvalue weighted by Crippen LogP contribution is -2.63. The predicted octanol–water partition coefficient (Wildman–Crippen LogP) is 2.38. The van der Waals surface area contributed by atoms with E-state index in [1.807, 2.05) is 0 Å². The van der Waals surface area contributed by atoms with Crippen molar-refractivity contribution >= 4 is 0 Å². The van der Waals surface area contributed by atoms with E-state index in [1.165, 1.54) is 45.1 Å². The van der Waals surface area contributed by atoms with Crippen LogP contribution in [-0.4, -0.2) is 29.6 Å². The molecule has 1 saturated heterocycles. The summed E-state index contributed by atoms with van der Waals surface area (Å²) in [6.07, 6.45) is 8.23. The second-order valence-electron chi connectivity index (χ2n) is 5.83. The van der Waals surface area contributed by atoms with E-state index >= 15 is 0 Å².